The Labute approximate surface area is 164 Å². The van der Waals surface area contributed by atoms with Crippen LogP contribution in [0.2, 0.25) is 0 Å². The lowest BCUT2D eigenvalue weighted by Crippen LogP contribution is -2.33. The summed E-state index contributed by atoms with van der Waals surface area (Å²) < 4.78 is 24.6. The highest BCUT2D eigenvalue weighted by molar-refractivity contribution is 5.87. The standard InChI is InChI=1S/C17H21N5O7/c1-7(23)19-16-20-13-10(14(25)21-16)18-6-22(13)15-12-11(28-17(3,4)29-12)9(27-15)5-26-8(2)24/h6,9,11-12,15H,5H2,1-4H3,(H2,19,20,21,23,25). The van der Waals surface area contributed by atoms with Crippen LogP contribution in [0.5, 0.6) is 0 Å². The molecular formula is C17H21N5O7. The molecule has 2 N–H and O–H groups in total. The molecule has 4 heterocycles. The fraction of sp³-hybridized carbons (Fsp3) is 0.588. The molecule has 0 spiro atoms. The van der Waals surface area contributed by atoms with E-state index in [9.17, 15) is 14.4 Å². The Bertz CT molecular complexity index is 1030. The van der Waals surface area contributed by atoms with Crippen molar-refractivity contribution >= 4 is 29.0 Å². The number of ether oxygens (including phenoxy) is 4. The number of aromatic amines is 1. The van der Waals surface area contributed by atoms with Crippen molar-refractivity contribution in [2.75, 3.05) is 11.9 Å². The minimum atomic E-state index is -0.867. The molecule has 2 aliphatic rings. The zero-order chi connectivity index (χ0) is 20.9. The molecule has 0 aliphatic carbocycles. The number of rotatable bonds is 4. The van der Waals surface area contributed by atoms with Crippen molar-refractivity contribution in [2.45, 2.75) is 58.0 Å². The molecule has 0 saturated carbocycles. The van der Waals surface area contributed by atoms with Gasteiger partial charge in [0.15, 0.2) is 23.2 Å². The van der Waals surface area contributed by atoms with Crippen molar-refractivity contribution in [1.82, 2.24) is 19.5 Å². The number of H-pyrrole nitrogens is 1. The monoisotopic (exact) mass is 407 g/mol. The van der Waals surface area contributed by atoms with Gasteiger partial charge in [-0.25, -0.2) is 4.98 Å². The SMILES string of the molecule is CC(=O)Nc1nc2c(ncn2C2OC(COC(C)=O)C3OC(C)(C)OC32)c(=O)[nH]1. The van der Waals surface area contributed by atoms with Crippen LogP contribution in [0.1, 0.15) is 33.9 Å². The van der Waals surface area contributed by atoms with Crippen LogP contribution in [0.4, 0.5) is 5.95 Å². The van der Waals surface area contributed by atoms with Gasteiger partial charge >= 0.3 is 5.97 Å². The van der Waals surface area contributed by atoms with Gasteiger partial charge in [0.1, 0.15) is 24.9 Å². The number of amides is 1. The van der Waals surface area contributed by atoms with Gasteiger partial charge in [-0.05, 0) is 13.8 Å². The highest BCUT2D eigenvalue weighted by atomic mass is 16.8. The summed E-state index contributed by atoms with van der Waals surface area (Å²) in [6, 6.07) is 0. The number of esters is 1. The maximum atomic E-state index is 12.3. The Kier molecular flexibility index (Phi) is 4.63. The number of fused-ring (bicyclic) bond motifs is 2. The topological polar surface area (TPSA) is 147 Å². The molecule has 4 atom stereocenters. The van der Waals surface area contributed by atoms with Gasteiger partial charge in [-0.3, -0.25) is 29.3 Å². The first-order chi connectivity index (χ1) is 13.6. The highest BCUT2D eigenvalue weighted by Gasteiger charge is 2.56. The summed E-state index contributed by atoms with van der Waals surface area (Å²) in [7, 11) is 0. The highest BCUT2D eigenvalue weighted by Crippen LogP contribution is 2.43. The number of hydrogen-bond acceptors (Lipinski definition) is 9. The fourth-order valence-electron chi connectivity index (χ4n) is 3.55. The first-order valence-corrected chi connectivity index (χ1v) is 9.03. The Morgan fingerprint density at radius 2 is 2.03 bits per heavy atom. The third-order valence-corrected chi connectivity index (χ3v) is 4.58. The molecule has 0 aromatic carbocycles. The average Bonchev–Trinajstić information content (AvgIpc) is 3.23. The van der Waals surface area contributed by atoms with Crippen molar-refractivity contribution in [3.8, 4) is 0 Å². The van der Waals surface area contributed by atoms with Crippen molar-refractivity contribution in [3.63, 3.8) is 0 Å². The zero-order valence-electron chi connectivity index (χ0n) is 16.3. The number of aromatic nitrogens is 4. The maximum absolute atomic E-state index is 12.3. The average molecular weight is 407 g/mol. The minimum Gasteiger partial charge on any atom is -0.463 e. The molecule has 12 heteroatoms. The normalized spacial score (nSPS) is 27.7. The first kappa shape index (κ1) is 19.5. The molecule has 2 saturated heterocycles. The van der Waals surface area contributed by atoms with Crippen LogP contribution < -0.4 is 10.9 Å². The van der Waals surface area contributed by atoms with Gasteiger partial charge in [0, 0.05) is 13.8 Å². The molecule has 0 bridgehead atoms. The van der Waals surface area contributed by atoms with Crippen LogP contribution in [-0.2, 0) is 28.5 Å². The summed E-state index contributed by atoms with van der Waals surface area (Å²) in [5.41, 5.74) is -0.212. The second-order valence-electron chi connectivity index (χ2n) is 7.35. The fourth-order valence-corrected chi connectivity index (χ4v) is 3.55. The number of imidazole rings is 1. The Morgan fingerprint density at radius 3 is 2.72 bits per heavy atom. The van der Waals surface area contributed by atoms with Crippen molar-refractivity contribution in [1.29, 1.82) is 0 Å². The Balaban J connectivity index is 1.72. The molecule has 1 amide bonds. The van der Waals surface area contributed by atoms with Crippen LogP contribution in [0.15, 0.2) is 11.1 Å². The third kappa shape index (κ3) is 3.61. The lowest BCUT2D eigenvalue weighted by molar-refractivity contribution is -0.201. The van der Waals surface area contributed by atoms with E-state index < -0.39 is 41.9 Å². The Hall–Kier alpha value is -2.83. The van der Waals surface area contributed by atoms with Gasteiger partial charge in [-0.2, -0.15) is 4.98 Å². The zero-order valence-corrected chi connectivity index (χ0v) is 16.3. The van der Waals surface area contributed by atoms with Crippen LogP contribution in [-0.4, -0.2) is 62.1 Å². The van der Waals surface area contributed by atoms with Crippen LogP contribution in [0, 0.1) is 0 Å². The number of carbonyl (C=O) groups excluding carboxylic acids is 2. The molecule has 2 aromatic heterocycles. The largest absolute Gasteiger partial charge is 0.463 e. The van der Waals surface area contributed by atoms with E-state index >= 15 is 0 Å². The number of nitrogens with zero attached hydrogens (tertiary/aromatic N) is 3. The summed E-state index contributed by atoms with van der Waals surface area (Å²) in [5.74, 6) is -1.69. The minimum absolute atomic E-state index is 0.00770. The molecule has 4 unspecified atom stereocenters. The molecule has 156 valence electrons. The van der Waals surface area contributed by atoms with Crippen molar-refractivity contribution < 1.29 is 28.5 Å². The van der Waals surface area contributed by atoms with E-state index in [1.165, 1.54) is 20.2 Å². The van der Waals surface area contributed by atoms with Gasteiger partial charge in [0.05, 0.1) is 6.33 Å². The second kappa shape index (κ2) is 6.90. The molecule has 4 rings (SSSR count). The smallest absolute Gasteiger partial charge is 0.302 e. The van der Waals surface area contributed by atoms with E-state index in [1.807, 2.05) is 0 Å². The van der Waals surface area contributed by atoms with Gasteiger partial charge in [-0.1, -0.05) is 0 Å². The van der Waals surface area contributed by atoms with Gasteiger partial charge < -0.3 is 18.9 Å². The molecule has 2 aliphatic heterocycles. The van der Waals surface area contributed by atoms with E-state index in [0.717, 1.165) is 0 Å². The summed E-state index contributed by atoms with van der Waals surface area (Å²) in [6.07, 6.45) is -0.941. The predicted octanol–water partition coefficient (Wildman–Crippen LogP) is 0.0586. The quantitative estimate of drug-likeness (QED) is 0.671. The summed E-state index contributed by atoms with van der Waals surface area (Å²) in [6.45, 7) is 6.15. The van der Waals surface area contributed by atoms with Crippen molar-refractivity contribution in [3.05, 3.63) is 16.7 Å². The number of nitrogens with one attached hydrogen (secondary N) is 2. The first-order valence-electron chi connectivity index (χ1n) is 9.03. The molecule has 2 aromatic rings. The van der Waals surface area contributed by atoms with Crippen LogP contribution >= 0.6 is 0 Å². The van der Waals surface area contributed by atoms with E-state index in [2.05, 4.69) is 20.3 Å². The van der Waals surface area contributed by atoms with E-state index in [-0.39, 0.29) is 29.6 Å². The summed E-state index contributed by atoms with van der Waals surface area (Å²) in [5, 5.41) is 2.45. The van der Waals surface area contributed by atoms with E-state index in [4.69, 9.17) is 18.9 Å². The number of hydrogen-bond donors (Lipinski definition) is 2. The molecule has 0 radical (unpaired) electrons. The van der Waals surface area contributed by atoms with Crippen LogP contribution in [0.3, 0.4) is 0 Å². The molecule has 29 heavy (non-hydrogen) atoms. The number of anilines is 1. The van der Waals surface area contributed by atoms with E-state index in [1.54, 1.807) is 18.4 Å². The van der Waals surface area contributed by atoms with Gasteiger partial charge in [0.25, 0.3) is 5.56 Å². The van der Waals surface area contributed by atoms with Gasteiger partial charge in [0.2, 0.25) is 11.9 Å². The van der Waals surface area contributed by atoms with E-state index in [0.29, 0.717) is 0 Å². The second-order valence-corrected chi connectivity index (χ2v) is 7.35. The number of carbonyl (C=O) groups is 2. The van der Waals surface area contributed by atoms with Crippen molar-refractivity contribution in [2.24, 2.45) is 0 Å². The Morgan fingerprint density at radius 1 is 1.31 bits per heavy atom. The van der Waals surface area contributed by atoms with Crippen LogP contribution in [0.25, 0.3) is 11.2 Å². The lowest BCUT2D eigenvalue weighted by Gasteiger charge is -2.24. The van der Waals surface area contributed by atoms with Gasteiger partial charge in [-0.15, -0.1) is 0 Å². The summed E-state index contributed by atoms with van der Waals surface area (Å²) in [4.78, 5) is 45.7. The predicted molar refractivity (Wildman–Crippen MR) is 96.8 cm³/mol. The maximum Gasteiger partial charge on any atom is 0.302 e. The lowest BCUT2D eigenvalue weighted by atomic mass is 10.1. The molecular weight excluding hydrogens is 386 g/mol. The third-order valence-electron chi connectivity index (χ3n) is 4.58. The molecule has 2 fully saturated rings. The molecule has 12 nitrogen and oxygen atoms in total. The summed E-state index contributed by atoms with van der Waals surface area (Å²) >= 11 is 0.